The van der Waals surface area contributed by atoms with E-state index in [-0.39, 0.29) is 19.1 Å². The van der Waals surface area contributed by atoms with E-state index in [1.807, 2.05) is 0 Å². The maximum absolute atomic E-state index is 11.5. The van der Waals surface area contributed by atoms with Crippen molar-refractivity contribution in [3.05, 3.63) is 47.5 Å². The third kappa shape index (κ3) is 7.92. The van der Waals surface area contributed by atoms with E-state index in [9.17, 15) is 9.90 Å². The molecule has 162 valence electrons. The molecule has 2 rings (SSSR count). The predicted molar refractivity (Wildman–Crippen MR) is 114 cm³/mol. The van der Waals surface area contributed by atoms with Gasteiger partial charge in [-0.2, -0.15) is 0 Å². The third-order valence-corrected chi connectivity index (χ3v) is 5.34. The van der Waals surface area contributed by atoms with E-state index in [1.54, 1.807) is 6.92 Å². The largest absolute Gasteiger partial charge is 0.462 e. The monoisotopic (exact) mass is 404 g/mol. The number of unbranched alkanes of at least 4 members (excludes halogenated alkanes) is 4. The van der Waals surface area contributed by atoms with Crippen molar-refractivity contribution in [2.24, 2.45) is 5.92 Å². The Hall–Kier alpha value is -1.69. The lowest BCUT2D eigenvalue weighted by molar-refractivity contribution is -0.224. The highest BCUT2D eigenvalue weighted by molar-refractivity contribution is 5.86. The Bertz CT molecular complexity index is 617. The Balaban J connectivity index is 1.76. The molecule has 0 saturated carbocycles. The van der Waals surface area contributed by atoms with Gasteiger partial charge in [-0.05, 0) is 30.9 Å². The summed E-state index contributed by atoms with van der Waals surface area (Å²) in [6, 6.07) is 8.73. The summed E-state index contributed by atoms with van der Waals surface area (Å²) in [7, 11) is 0. The summed E-state index contributed by atoms with van der Waals surface area (Å²) in [6.07, 6.45) is 7.04. The van der Waals surface area contributed by atoms with Crippen molar-refractivity contribution >= 4 is 5.97 Å². The number of rotatable bonds is 12. The highest BCUT2D eigenvalue weighted by Gasteiger charge is 2.30. The summed E-state index contributed by atoms with van der Waals surface area (Å²) in [5, 5.41) is 9.59. The second-order valence-electron chi connectivity index (χ2n) is 7.96. The van der Waals surface area contributed by atoms with Gasteiger partial charge in [-0.25, -0.2) is 4.79 Å². The minimum atomic E-state index is -0.573. The molecule has 1 aliphatic heterocycles. The Labute approximate surface area is 175 Å². The lowest BCUT2D eigenvalue weighted by atomic mass is 9.97. The molecule has 1 saturated heterocycles. The fourth-order valence-corrected chi connectivity index (χ4v) is 3.40. The van der Waals surface area contributed by atoms with Crippen LogP contribution in [0.4, 0.5) is 0 Å². The quantitative estimate of drug-likeness (QED) is 0.318. The van der Waals surface area contributed by atoms with Crippen molar-refractivity contribution in [3.8, 4) is 0 Å². The van der Waals surface area contributed by atoms with Gasteiger partial charge >= 0.3 is 5.97 Å². The number of esters is 1. The van der Waals surface area contributed by atoms with Crippen molar-refractivity contribution in [3.63, 3.8) is 0 Å². The molecule has 5 heteroatoms. The lowest BCUT2D eigenvalue weighted by Crippen LogP contribution is -2.40. The van der Waals surface area contributed by atoms with Gasteiger partial charge in [-0.1, -0.05) is 63.5 Å². The molecule has 0 radical (unpaired) electrons. The van der Waals surface area contributed by atoms with Gasteiger partial charge in [0.1, 0.15) is 6.61 Å². The number of aryl methyl sites for hydroxylation is 1. The maximum atomic E-state index is 11.5. The fraction of sp³-hybridized carbons (Fsp3) is 0.625. The first kappa shape index (κ1) is 23.6. The number of hydrogen-bond donors (Lipinski definition) is 1. The Morgan fingerprint density at radius 1 is 1.17 bits per heavy atom. The molecule has 1 atom stereocenters. The molecule has 0 spiro atoms. The second kappa shape index (κ2) is 12.8. The highest BCUT2D eigenvalue weighted by Crippen LogP contribution is 2.26. The molecule has 0 aromatic heterocycles. The zero-order valence-corrected chi connectivity index (χ0v) is 17.9. The van der Waals surface area contributed by atoms with Gasteiger partial charge in [0.2, 0.25) is 0 Å². The van der Waals surface area contributed by atoms with Gasteiger partial charge in [0.05, 0.1) is 25.7 Å². The molecule has 1 heterocycles. The van der Waals surface area contributed by atoms with Crippen LogP contribution in [0.15, 0.2) is 36.4 Å². The van der Waals surface area contributed by atoms with E-state index >= 15 is 0 Å². The lowest BCUT2D eigenvalue weighted by Gasteiger charge is -2.33. The van der Waals surface area contributed by atoms with Crippen LogP contribution >= 0.6 is 0 Å². The van der Waals surface area contributed by atoms with Crippen LogP contribution in [0.25, 0.3) is 0 Å². The maximum Gasteiger partial charge on any atom is 0.333 e. The van der Waals surface area contributed by atoms with Crippen LogP contribution in [0.2, 0.25) is 0 Å². The summed E-state index contributed by atoms with van der Waals surface area (Å²) in [4.78, 5) is 11.5. The number of benzene rings is 1. The molecule has 29 heavy (non-hydrogen) atoms. The van der Waals surface area contributed by atoms with Crippen LogP contribution in [-0.4, -0.2) is 43.8 Å². The van der Waals surface area contributed by atoms with E-state index in [0.717, 1.165) is 6.42 Å². The summed E-state index contributed by atoms with van der Waals surface area (Å²) < 4.78 is 16.8. The molecule has 1 aliphatic rings. The van der Waals surface area contributed by atoms with Crippen LogP contribution in [0.5, 0.6) is 0 Å². The number of carbonyl (C=O) groups excluding carboxylic acids is 1. The second-order valence-corrected chi connectivity index (χ2v) is 7.96. The number of carbonyl (C=O) groups is 1. The first-order valence-corrected chi connectivity index (χ1v) is 10.8. The molecule has 0 bridgehead atoms. The van der Waals surface area contributed by atoms with Gasteiger partial charge in [-0.3, -0.25) is 0 Å². The Kier molecular flexibility index (Phi) is 10.4. The van der Waals surface area contributed by atoms with Gasteiger partial charge in [0.15, 0.2) is 6.29 Å². The molecule has 1 N–H and O–H groups in total. The topological polar surface area (TPSA) is 65.0 Å². The molecular weight excluding hydrogens is 368 g/mol. The predicted octanol–water partition coefficient (Wildman–Crippen LogP) is 4.38. The third-order valence-electron chi connectivity index (χ3n) is 5.34. The zero-order chi connectivity index (χ0) is 21.1. The number of hydrogen-bond acceptors (Lipinski definition) is 5. The van der Waals surface area contributed by atoms with Crippen molar-refractivity contribution < 1.29 is 24.1 Å². The minimum absolute atomic E-state index is 0.0461. The normalized spacial score (nSPS) is 20.2. The Morgan fingerprint density at radius 2 is 1.83 bits per heavy atom. The number of aliphatic hydroxyl groups excluding tert-OH is 1. The Morgan fingerprint density at radius 3 is 2.41 bits per heavy atom. The fourth-order valence-electron chi connectivity index (χ4n) is 3.40. The van der Waals surface area contributed by atoms with Crippen molar-refractivity contribution in [2.45, 2.75) is 64.6 Å². The van der Waals surface area contributed by atoms with Crippen molar-refractivity contribution in [1.82, 2.24) is 0 Å². The van der Waals surface area contributed by atoms with Crippen molar-refractivity contribution in [1.29, 1.82) is 0 Å². The van der Waals surface area contributed by atoms with Crippen molar-refractivity contribution in [2.75, 3.05) is 26.4 Å². The van der Waals surface area contributed by atoms with Gasteiger partial charge < -0.3 is 19.3 Å². The molecule has 1 unspecified atom stereocenters. The molecule has 1 aromatic rings. The molecule has 1 aromatic carbocycles. The standard InChI is InChI=1S/C24H36O5/c1-4-5-6-7-8-9-19-10-12-20(13-11-19)22-16-28-24(29-17-22)21(14-25)15-27-23(26)18(2)3/h10-13,21-22,24-25H,2,4-9,14-17H2,1,3H3. The van der Waals surface area contributed by atoms with Crippen LogP contribution in [0.1, 0.15) is 63.0 Å². The molecule has 0 aliphatic carbocycles. The first-order chi connectivity index (χ1) is 14.0. The van der Waals surface area contributed by atoms with E-state index < -0.39 is 18.2 Å². The summed E-state index contributed by atoms with van der Waals surface area (Å²) in [5.74, 6) is -0.709. The van der Waals surface area contributed by atoms with Gasteiger partial charge in [0.25, 0.3) is 0 Å². The first-order valence-electron chi connectivity index (χ1n) is 10.8. The van der Waals surface area contributed by atoms with Crippen LogP contribution < -0.4 is 0 Å². The average Bonchev–Trinajstić information content (AvgIpc) is 2.74. The summed E-state index contributed by atoms with van der Waals surface area (Å²) >= 11 is 0. The van der Waals surface area contributed by atoms with Gasteiger partial charge in [0, 0.05) is 11.5 Å². The highest BCUT2D eigenvalue weighted by atomic mass is 16.7. The van der Waals surface area contributed by atoms with Gasteiger partial charge in [-0.15, -0.1) is 0 Å². The van der Waals surface area contributed by atoms with E-state index in [1.165, 1.54) is 43.2 Å². The van der Waals surface area contributed by atoms with Crippen LogP contribution in [0, 0.1) is 5.92 Å². The smallest absolute Gasteiger partial charge is 0.333 e. The molecular formula is C24H36O5. The average molecular weight is 405 g/mol. The molecule has 0 amide bonds. The van der Waals surface area contributed by atoms with E-state index in [4.69, 9.17) is 14.2 Å². The van der Waals surface area contributed by atoms with E-state index in [0.29, 0.717) is 18.8 Å². The molecule has 5 nitrogen and oxygen atoms in total. The summed E-state index contributed by atoms with van der Waals surface area (Å²) in [5.41, 5.74) is 2.91. The number of aliphatic hydroxyl groups is 1. The SMILES string of the molecule is C=C(C)C(=O)OCC(CO)C1OCC(c2ccc(CCCCCCC)cc2)CO1. The number of ether oxygens (including phenoxy) is 3. The van der Waals surface area contributed by atoms with Crippen LogP contribution in [0.3, 0.4) is 0 Å². The minimum Gasteiger partial charge on any atom is -0.462 e. The van der Waals surface area contributed by atoms with E-state index in [2.05, 4.69) is 37.8 Å². The zero-order valence-electron chi connectivity index (χ0n) is 17.9. The summed E-state index contributed by atoms with van der Waals surface area (Å²) in [6.45, 7) is 8.29. The molecule has 1 fully saturated rings. The van der Waals surface area contributed by atoms with Crippen LogP contribution in [-0.2, 0) is 25.4 Å².